The molecule has 6 nitrogen and oxygen atoms in total. The Balaban J connectivity index is 1.41. The molecule has 1 spiro atoms. The number of aryl methyl sites for hydroxylation is 1. The SMILES string of the molecule is COc1cccc(-c2ccc3c(c2)CCC2(CC2)C3N(C(=O)O)[C@@H]2CN3CCC2CC3)c1OC. The van der Waals surface area contributed by atoms with Crippen LogP contribution in [0.1, 0.15) is 49.3 Å². The third-order valence-electron chi connectivity index (χ3n) is 8.99. The third kappa shape index (κ3) is 3.37. The molecule has 7 rings (SSSR count). The highest BCUT2D eigenvalue weighted by Crippen LogP contribution is 2.64. The van der Waals surface area contributed by atoms with E-state index in [1.165, 1.54) is 11.1 Å². The number of hydrogen-bond acceptors (Lipinski definition) is 4. The van der Waals surface area contributed by atoms with E-state index in [2.05, 4.69) is 29.2 Å². The van der Waals surface area contributed by atoms with E-state index in [0.29, 0.717) is 11.7 Å². The van der Waals surface area contributed by atoms with Gasteiger partial charge in [0.25, 0.3) is 0 Å². The first kappa shape index (κ1) is 21.8. The Labute approximate surface area is 201 Å². The maximum atomic E-state index is 12.8. The Morgan fingerprint density at radius 2 is 1.88 bits per heavy atom. The van der Waals surface area contributed by atoms with E-state index in [1.54, 1.807) is 14.2 Å². The first-order valence-electron chi connectivity index (χ1n) is 12.6. The number of amides is 1. The van der Waals surface area contributed by atoms with Crippen LogP contribution >= 0.6 is 0 Å². The number of nitrogens with zero attached hydrogens (tertiary/aromatic N) is 2. The van der Waals surface area contributed by atoms with Crippen molar-refractivity contribution in [2.24, 2.45) is 11.3 Å². The molecule has 6 heteroatoms. The average molecular weight is 463 g/mol. The minimum Gasteiger partial charge on any atom is -0.493 e. The van der Waals surface area contributed by atoms with Gasteiger partial charge in [-0.3, -0.25) is 4.90 Å². The lowest BCUT2D eigenvalue weighted by atomic mass is 9.73. The summed E-state index contributed by atoms with van der Waals surface area (Å²) in [5.74, 6) is 1.94. The van der Waals surface area contributed by atoms with E-state index in [9.17, 15) is 9.90 Å². The molecule has 0 aromatic heterocycles. The fourth-order valence-electron chi connectivity index (χ4n) is 7.04. The molecular formula is C28H34N2O4. The second-order valence-corrected chi connectivity index (χ2v) is 10.6. The van der Waals surface area contributed by atoms with Crippen LogP contribution in [0.3, 0.4) is 0 Å². The lowest BCUT2D eigenvalue weighted by Crippen LogP contribution is -2.60. The average Bonchev–Trinajstić information content (AvgIpc) is 3.65. The summed E-state index contributed by atoms with van der Waals surface area (Å²) in [5, 5.41) is 10.5. The van der Waals surface area contributed by atoms with Gasteiger partial charge < -0.3 is 19.5 Å². The standard InChI is InChI=1S/C28H34N2O4/c1-33-24-5-3-4-21(25(24)34-2)19-6-7-22-20(16-19)8-11-28(12-13-28)26(22)30(27(31)32)23-17-29-14-9-18(23)10-15-29/h3-7,16,18,23,26H,8-15,17H2,1-2H3,(H,31,32)/t23-,26?/m1/s1. The van der Waals surface area contributed by atoms with Gasteiger partial charge in [-0.05, 0) is 85.7 Å². The molecule has 5 aliphatic rings. The van der Waals surface area contributed by atoms with Crippen LogP contribution in [0.15, 0.2) is 36.4 Å². The summed E-state index contributed by atoms with van der Waals surface area (Å²) in [6, 6.07) is 12.6. The summed E-state index contributed by atoms with van der Waals surface area (Å²) in [4.78, 5) is 17.2. The van der Waals surface area contributed by atoms with Crippen LogP contribution in [0.4, 0.5) is 4.79 Å². The summed E-state index contributed by atoms with van der Waals surface area (Å²) < 4.78 is 11.2. The van der Waals surface area contributed by atoms with Gasteiger partial charge in [0, 0.05) is 12.1 Å². The molecule has 2 aliphatic carbocycles. The van der Waals surface area contributed by atoms with Crippen LogP contribution in [-0.4, -0.2) is 60.9 Å². The molecule has 3 saturated heterocycles. The summed E-state index contributed by atoms with van der Waals surface area (Å²) in [7, 11) is 3.33. The van der Waals surface area contributed by atoms with Gasteiger partial charge in [-0.15, -0.1) is 0 Å². The Bertz CT molecular complexity index is 1100. The highest BCUT2D eigenvalue weighted by molar-refractivity contribution is 5.75. The van der Waals surface area contributed by atoms with Crippen LogP contribution < -0.4 is 9.47 Å². The van der Waals surface area contributed by atoms with Crippen molar-refractivity contribution in [1.82, 2.24) is 9.80 Å². The maximum Gasteiger partial charge on any atom is 0.408 e. The van der Waals surface area contributed by atoms with Crippen molar-refractivity contribution >= 4 is 6.09 Å². The van der Waals surface area contributed by atoms with Gasteiger partial charge in [-0.2, -0.15) is 0 Å². The topological polar surface area (TPSA) is 62.2 Å². The molecule has 2 atom stereocenters. The van der Waals surface area contributed by atoms with Crippen molar-refractivity contribution < 1.29 is 19.4 Å². The van der Waals surface area contributed by atoms with Crippen LogP contribution in [-0.2, 0) is 6.42 Å². The highest BCUT2D eigenvalue weighted by atomic mass is 16.5. The fraction of sp³-hybridized carbons (Fsp3) is 0.536. The van der Waals surface area contributed by atoms with E-state index >= 15 is 0 Å². The van der Waals surface area contributed by atoms with Gasteiger partial charge in [0.2, 0.25) is 0 Å². The summed E-state index contributed by atoms with van der Waals surface area (Å²) >= 11 is 0. The fourth-order valence-corrected chi connectivity index (χ4v) is 7.04. The molecule has 1 unspecified atom stereocenters. The number of methoxy groups -OCH3 is 2. The Hall–Kier alpha value is -2.73. The second-order valence-electron chi connectivity index (χ2n) is 10.6. The zero-order valence-electron chi connectivity index (χ0n) is 20.1. The van der Waals surface area contributed by atoms with E-state index in [4.69, 9.17) is 9.47 Å². The molecule has 180 valence electrons. The Kier molecular flexibility index (Phi) is 5.25. The third-order valence-corrected chi connectivity index (χ3v) is 8.99. The van der Waals surface area contributed by atoms with E-state index in [1.807, 2.05) is 17.0 Å². The minimum atomic E-state index is -0.749. The van der Waals surface area contributed by atoms with Crippen molar-refractivity contribution in [3.63, 3.8) is 0 Å². The number of carboxylic acid groups (broad SMARTS) is 1. The summed E-state index contributed by atoms with van der Waals surface area (Å²) in [6.45, 7) is 3.12. The number of rotatable bonds is 5. The Morgan fingerprint density at radius 3 is 2.50 bits per heavy atom. The lowest BCUT2D eigenvalue weighted by molar-refractivity contribution is -0.0243. The van der Waals surface area contributed by atoms with Crippen molar-refractivity contribution in [3.8, 4) is 22.6 Å². The monoisotopic (exact) mass is 462 g/mol. The van der Waals surface area contributed by atoms with Gasteiger partial charge in [-0.1, -0.05) is 30.3 Å². The molecule has 2 aromatic carbocycles. The molecule has 3 aliphatic heterocycles. The second kappa shape index (κ2) is 8.19. The van der Waals surface area contributed by atoms with Crippen LogP contribution in [0.5, 0.6) is 11.5 Å². The smallest absolute Gasteiger partial charge is 0.408 e. The van der Waals surface area contributed by atoms with E-state index in [0.717, 1.165) is 75.0 Å². The zero-order valence-corrected chi connectivity index (χ0v) is 20.1. The molecule has 4 fully saturated rings. The largest absolute Gasteiger partial charge is 0.493 e. The van der Waals surface area contributed by atoms with Crippen LogP contribution in [0.25, 0.3) is 11.1 Å². The molecule has 1 amide bonds. The molecule has 2 aromatic rings. The number of carbonyl (C=O) groups is 1. The predicted molar refractivity (Wildman–Crippen MR) is 131 cm³/mol. The molecule has 3 heterocycles. The molecule has 34 heavy (non-hydrogen) atoms. The normalized spacial score (nSPS) is 28.3. The van der Waals surface area contributed by atoms with Gasteiger partial charge in [-0.25, -0.2) is 4.79 Å². The van der Waals surface area contributed by atoms with Crippen molar-refractivity contribution in [2.45, 2.75) is 50.6 Å². The van der Waals surface area contributed by atoms with Crippen molar-refractivity contribution in [1.29, 1.82) is 0 Å². The maximum absolute atomic E-state index is 12.8. The highest BCUT2D eigenvalue weighted by Gasteiger charge is 2.57. The summed E-state index contributed by atoms with van der Waals surface area (Å²) in [5.41, 5.74) is 4.70. The van der Waals surface area contributed by atoms with Crippen LogP contribution in [0.2, 0.25) is 0 Å². The number of benzene rings is 2. The first-order chi connectivity index (χ1) is 16.5. The van der Waals surface area contributed by atoms with Crippen LogP contribution in [0, 0.1) is 11.3 Å². The predicted octanol–water partition coefficient (Wildman–Crippen LogP) is 5.21. The van der Waals surface area contributed by atoms with Gasteiger partial charge in [0.05, 0.1) is 26.3 Å². The van der Waals surface area contributed by atoms with Gasteiger partial charge >= 0.3 is 6.09 Å². The van der Waals surface area contributed by atoms with Gasteiger partial charge in [0.15, 0.2) is 11.5 Å². The van der Waals surface area contributed by atoms with E-state index in [-0.39, 0.29) is 17.5 Å². The van der Waals surface area contributed by atoms with Gasteiger partial charge in [0.1, 0.15) is 0 Å². The molecule has 2 bridgehead atoms. The van der Waals surface area contributed by atoms with Crippen molar-refractivity contribution in [3.05, 3.63) is 47.5 Å². The Morgan fingerprint density at radius 1 is 1.09 bits per heavy atom. The molecular weight excluding hydrogens is 428 g/mol. The number of para-hydroxylation sites is 1. The minimum absolute atomic E-state index is 0.0412. The number of ether oxygens (including phenoxy) is 2. The summed E-state index contributed by atoms with van der Waals surface area (Å²) in [6.07, 6.45) is 5.82. The number of hydrogen-bond donors (Lipinski definition) is 1. The van der Waals surface area contributed by atoms with Crippen molar-refractivity contribution in [2.75, 3.05) is 33.9 Å². The zero-order chi connectivity index (χ0) is 23.4. The van der Waals surface area contributed by atoms with E-state index < -0.39 is 6.09 Å². The lowest BCUT2D eigenvalue weighted by Gasteiger charge is -2.52. The molecule has 1 N–H and O–H groups in total. The first-order valence-corrected chi connectivity index (χ1v) is 12.6. The molecule has 1 saturated carbocycles. The number of fused-ring (bicyclic) bond motifs is 4. The number of piperidine rings is 3. The quantitative estimate of drug-likeness (QED) is 0.661. The molecule has 0 radical (unpaired) electrons.